The lowest BCUT2D eigenvalue weighted by Gasteiger charge is -2.43. The van der Waals surface area contributed by atoms with Crippen molar-refractivity contribution in [1.82, 2.24) is 0 Å². The highest BCUT2D eigenvalue weighted by molar-refractivity contribution is 7.99. The van der Waals surface area contributed by atoms with Gasteiger partial charge >= 0.3 is 0 Å². The third kappa shape index (κ3) is 3.88. The molecular weight excluding hydrogens is 529 g/mol. The number of nitrogens with zero attached hydrogens (tertiary/aromatic N) is 2. The van der Waals surface area contributed by atoms with Crippen LogP contribution in [0.4, 0.5) is 34.1 Å². The van der Waals surface area contributed by atoms with Crippen LogP contribution >= 0.6 is 11.8 Å². The Morgan fingerprint density at radius 3 is 1.62 bits per heavy atom. The molecule has 0 aromatic heterocycles. The van der Waals surface area contributed by atoms with Gasteiger partial charge in [0, 0.05) is 26.6 Å². The highest BCUT2D eigenvalue weighted by atomic mass is 32.2. The summed E-state index contributed by atoms with van der Waals surface area (Å²) in [4.78, 5) is 7.41. The highest BCUT2D eigenvalue weighted by Crippen LogP contribution is 2.56. The Labute approximate surface area is 251 Å². The fourth-order valence-corrected chi connectivity index (χ4v) is 7.57. The number of benzene rings is 6. The first-order valence-corrected chi connectivity index (χ1v) is 15.3. The van der Waals surface area contributed by atoms with E-state index in [0.29, 0.717) is 0 Å². The molecule has 0 atom stereocenters. The third-order valence-corrected chi connectivity index (χ3v) is 9.75. The van der Waals surface area contributed by atoms with E-state index in [0.717, 1.165) is 0 Å². The Balaban J connectivity index is 1.35. The zero-order valence-corrected chi connectivity index (χ0v) is 24.5. The molecule has 0 spiro atoms. The molecule has 0 fully saturated rings. The van der Waals surface area contributed by atoms with Crippen LogP contribution in [0.25, 0.3) is 11.1 Å². The van der Waals surface area contributed by atoms with E-state index in [1.54, 1.807) is 0 Å². The van der Waals surface area contributed by atoms with E-state index in [4.69, 9.17) is 0 Å². The first kappa shape index (κ1) is 25.0. The van der Waals surface area contributed by atoms with E-state index in [9.17, 15) is 0 Å². The molecule has 0 unspecified atom stereocenters. The fourth-order valence-electron chi connectivity index (χ4n) is 6.51. The van der Waals surface area contributed by atoms with Gasteiger partial charge in [0.1, 0.15) is 0 Å². The summed E-state index contributed by atoms with van der Waals surface area (Å²) < 4.78 is 0. The molecule has 6 aromatic carbocycles. The number of rotatable bonds is 3. The van der Waals surface area contributed by atoms with Gasteiger partial charge in [-0.3, -0.25) is 0 Å². The molecule has 0 bridgehead atoms. The molecule has 2 heterocycles. The van der Waals surface area contributed by atoms with Crippen molar-refractivity contribution < 1.29 is 0 Å². The number of anilines is 6. The van der Waals surface area contributed by atoms with Gasteiger partial charge < -0.3 is 9.80 Å². The Bertz CT molecular complexity index is 1900. The molecule has 0 amide bonds. The predicted octanol–water partition coefficient (Wildman–Crippen LogP) is 11.4. The summed E-state index contributed by atoms with van der Waals surface area (Å²) in [5, 5.41) is 0. The van der Waals surface area contributed by atoms with Gasteiger partial charge in [-0.05, 0) is 89.0 Å². The summed E-state index contributed by atoms with van der Waals surface area (Å²) in [7, 11) is 0. The van der Waals surface area contributed by atoms with Crippen LogP contribution in [0.2, 0.25) is 0 Å². The Morgan fingerprint density at radius 1 is 0.429 bits per heavy atom. The minimum absolute atomic E-state index is 0.222. The smallest absolute Gasteiger partial charge is 0.0601 e. The molecule has 0 saturated carbocycles. The quantitative estimate of drug-likeness (QED) is 0.213. The Morgan fingerprint density at radius 2 is 0.952 bits per heavy atom. The SMILES string of the molecule is CC1(C)c2cc(-c3ccccc3)ccc2N(c2ccccc2)c2ccc(N3c4ccccc4Sc4ccccc43)cc21. The zero-order chi connectivity index (χ0) is 28.3. The fraction of sp³-hybridized carbons (Fsp3) is 0.0769. The molecule has 0 N–H and O–H groups in total. The van der Waals surface area contributed by atoms with Gasteiger partial charge in [-0.15, -0.1) is 0 Å². The monoisotopic (exact) mass is 558 g/mol. The van der Waals surface area contributed by atoms with Crippen molar-refractivity contribution in [3.8, 4) is 11.1 Å². The second-order valence-corrected chi connectivity index (χ2v) is 12.6. The predicted molar refractivity (Wildman–Crippen MR) is 177 cm³/mol. The Hall–Kier alpha value is -4.73. The number of fused-ring (bicyclic) bond motifs is 4. The number of para-hydroxylation sites is 3. The van der Waals surface area contributed by atoms with Crippen LogP contribution in [-0.4, -0.2) is 0 Å². The van der Waals surface area contributed by atoms with Crippen molar-refractivity contribution in [2.24, 2.45) is 0 Å². The van der Waals surface area contributed by atoms with Crippen molar-refractivity contribution in [2.75, 3.05) is 9.80 Å². The van der Waals surface area contributed by atoms with Crippen LogP contribution in [0, 0.1) is 0 Å². The van der Waals surface area contributed by atoms with Crippen molar-refractivity contribution >= 4 is 45.9 Å². The molecular formula is C39H30N2S. The van der Waals surface area contributed by atoms with Crippen molar-refractivity contribution in [3.63, 3.8) is 0 Å². The molecule has 202 valence electrons. The van der Waals surface area contributed by atoms with E-state index >= 15 is 0 Å². The minimum atomic E-state index is -0.222. The summed E-state index contributed by atoms with van der Waals surface area (Å²) in [6.07, 6.45) is 0. The maximum Gasteiger partial charge on any atom is 0.0601 e. The number of hydrogen-bond donors (Lipinski definition) is 0. The van der Waals surface area contributed by atoms with Crippen molar-refractivity contribution in [2.45, 2.75) is 29.1 Å². The standard InChI is InChI=1S/C39H30N2S/c1-39(2)31-25-28(27-13-5-3-6-14-27)21-23-33(31)40(29-15-7-4-8-16-29)34-24-22-30(26-32(34)39)41-35-17-9-11-19-37(35)42-38-20-12-10-18-36(38)41/h3-26H,1-2H3. The van der Waals surface area contributed by atoms with Gasteiger partial charge in [0.2, 0.25) is 0 Å². The van der Waals surface area contributed by atoms with Gasteiger partial charge in [-0.2, -0.15) is 0 Å². The number of hydrogen-bond acceptors (Lipinski definition) is 3. The molecule has 3 heteroatoms. The topological polar surface area (TPSA) is 6.48 Å². The molecule has 0 radical (unpaired) electrons. The molecule has 2 aliphatic heterocycles. The van der Waals surface area contributed by atoms with E-state index in [1.165, 1.54) is 66.2 Å². The Kier molecular flexibility index (Phi) is 5.77. The zero-order valence-electron chi connectivity index (χ0n) is 23.7. The second kappa shape index (κ2) is 9.68. The van der Waals surface area contributed by atoms with Gasteiger partial charge in [0.05, 0.1) is 22.7 Å². The van der Waals surface area contributed by atoms with Crippen LogP contribution in [0.1, 0.15) is 25.0 Å². The maximum atomic E-state index is 2.43. The van der Waals surface area contributed by atoms with Crippen LogP contribution < -0.4 is 9.80 Å². The van der Waals surface area contributed by atoms with E-state index in [-0.39, 0.29) is 5.41 Å². The van der Waals surface area contributed by atoms with E-state index < -0.39 is 0 Å². The second-order valence-electron chi connectivity index (χ2n) is 11.5. The van der Waals surface area contributed by atoms with Crippen LogP contribution in [0.15, 0.2) is 155 Å². The first-order chi connectivity index (χ1) is 20.6. The van der Waals surface area contributed by atoms with Crippen molar-refractivity contribution in [1.29, 1.82) is 0 Å². The largest absolute Gasteiger partial charge is 0.310 e. The normalized spacial score (nSPS) is 14.4. The maximum absolute atomic E-state index is 2.43. The molecule has 8 rings (SSSR count). The minimum Gasteiger partial charge on any atom is -0.310 e. The lowest BCUT2D eigenvalue weighted by Crippen LogP contribution is -2.31. The van der Waals surface area contributed by atoms with Gasteiger partial charge in [-0.25, -0.2) is 0 Å². The van der Waals surface area contributed by atoms with E-state index in [1.807, 2.05) is 11.8 Å². The van der Waals surface area contributed by atoms with Gasteiger partial charge in [-0.1, -0.05) is 104 Å². The van der Waals surface area contributed by atoms with Crippen LogP contribution in [0.5, 0.6) is 0 Å². The summed E-state index contributed by atoms with van der Waals surface area (Å²) in [5.41, 5.74) is 12.1. The molecule has 0 aliphatic carbocycles. The molecule has 2 aliphatic rings. The van der Waals surface area contributed by atoms with Crippen LogP contribution in [0.3, 0.4) is 0 Å². The third-order valence-electron chi connectivity index (χ3n) is 8.62. The van der Waals surface area contributed by atoms with Crippen LogP contribution in [-0.2, 0) is 5.41 Å². The average Bonchev–Trinajstić information content (AvgIpc) is 3.04. The molecule has 0 saturated heterocycles. The average molecular weight is 559 g/mol. The van der Waals surface area contributed by atoms with E-state index in [2.05, 4.69) is 169 Å². The van der Waals surface area contributed by atoms with Crippen molar-refractivity contribution in [3.05, 3.63) is 157 Å². The van der Waals surface area contributed by atoms with Gasteiger partial charge in [0.15, 0.2) is 0 Å². The summed E-state index contributed by atoms with van der Waals surface area (Å²) in [6.45, 7) is 4.75. The molecule has 2 nitrogen and oxygen atoms in total. The molecule has 42 heavy (non-hydrogen) atoms. The van der Waals surface area contributed by atoms with Gasteiger partial charge in [0.25, 0.3) is 0 Å². The lowest BCUT2D eigenvalue weighted by molar-refractivity contribution is 0.632. The highest BCUT2D eigenvalue weighted by Gasteiger charge is 2.38. The summed E-state index contributed by atoms with van der Waals surface area (Å²) in [6, 6.07) is 52.9. The summed E-state index contributed by atoms with van der Waals surface area (Å²) >= 11 is 1.85. The first-order valence-electron chi connectivity index (χ1n) is 14.5. The summed E-state index contributed by atoms with van der Waals surface area (Å²) in [5.74, 6) is 0. The molecule has 6 aromatic rings. The lowest BCUT2D eigenvalue weighted by atomic mass is 9.72.